The van der Waals surface area contributed by atoms with Gasteiger partial charge in [-0.2, -0.15) is 0 Å². The van der Waals surface area contributed by atoms with Crippen LogP contribution in [0.2, 0.25) is 0 Å². The quantitative estimate of drug-likeness (QED) is 0.887. The molecule has 0 bridgehead atoms. The van der Waals surface area contributed by atoms with Crippen molar-refractivity contribution in [3.63, 3.8) is 0 Å². The lowest BCUT2D eigenvalue weighted by atomic mass is 10.1. The van der Waals surface area contributed by atoms with Gasteiger partial charge in [-0.1, -0.05) is 24.3 Å². The lowest BCUT2D eigenvalue weighted by Crippen LogP contribution is -1.98. The monoisotopic (exact) mass is 256 g/mol. The molecule has 0 saturated carbocycles. The van der Waals surface area contributed by atoms with Gasteiger partial charge in [-0.05, 0) is 42.2 Å². The van der Waals surface area contributed by atoms with Gasteiger partial charge in [0.15, 0.2) is 0 Å². The lowest BCUT2D eigenvalue weighted by molar-refractivity contribution is 0.180. The molecule has 0 saturated heterocycles. The molecule has 0 aliphatic heterocycles. The minimum atomic E-state index is -0.362. The van der Waals surface area contributed by atoms with E-state index in [9.17, 15) is 10.2 Å². The zero-order chi connectivity index (χ0) is 13.2. The summed E-state index contributed by atoms with van der Waals surface area (Å²) >= 11 is 0. The van der Waals surface area contributed by atoms with Gasteiger partial charge in [0.2, 0.25) is 0 Å². The summed E-state index contributed by atoms with van der Waals surface area (Å²) in [6, 6.07) is 12.8. The number of phenols is 1. The van der Waals surface area contributed by atoms with Crippen LogP contribution in [0.25, 0.3) is 0 Å². The van der Waals surface area contributed by atoms with Crippen LogP contribution in [-0.4, -0.2) is 10.2 Å². The number of hydrogen-bond acceptors (Lipinski definition) is 3. The second-order valence-corrected chi connectivity index (χ2v) is 4.84. The number of rotatable bonds is 3. The van der Waals surface area contributed by atoms with Crippen LogP contribution in [0, 0.1) is 0 Å². The van der Waals surface area contributed by atoms with E-state index in [0.29, 0.717) is 6.61 Å². The maximum absolute atomic E-state index is 9.84. The Labute approximate surface area is 112 Å². The van der Waals surface area contributed by atoms with Crippen molar-refractivity contribution in [2.45, 2.75) is 25.6 Å². The number of hydrogen-bond donors (Lipinski definition) is 2. The van der Waals surface area contributed by atoms with Crippen molar-refractivity contribution in [2.24, 2.45) is 0 Å². The zero-order valence-electron chi connectivity index (χ0n) is 10.5. The molecule has 0 heterocycles. The number of aliphatic hydroxyl groups excluding tert-OH is 1. The molecule has 98 valence electrons. The Bertz CT molecular complexity index is 592. The predicted octanol–water partition coefficient (Wildman–Crippen LogP) is 2.95. The number of fused-ring (bicyclic) bond motifs is 1. The Morgan fingerprint density at radius 3 is 2.84 bits per heavy atom. The first-order valence-corrected chi connectivity index (χ1v) is 6.44. The molecule has 1 aliphatic carbocycles. The summed E-state index contributed by atoms with van der Waals surface area (Å²) in [7, 11) is 0. The zero-order valence-corrected chi connectivity index (χ0v) is 10.5. The Morgan fingerprint density at radius 1 is 1.16 bits per heavy atom. The Kier molecular flexibility index (Phi) is 3.13. The SMILES string of the molecule is Oc1cccc(COc2cccc3c2CCC3O)c1. The molecule has 2 aromatic rings. The minimum Gasteiger partial charge on any atom is -0.508 e. The topological polar surface area (TPSA) is 49.7 Å². The molecule has 0 spiro atoms. The van der Waals surface area contributed by atoms with Gasteiger partial charge in [0.25, 0.3) is 0 Å². The van der Waals surface area contributed by atoms with Crippen LogP contribution in [0.5, 0.6) is 11.5 Å². The third-order valence-corrected chi connectivity index (χ3v) is 3.50. The summed E-state index contributed by atoms with van der Waals surface area (Å²) < 4.78 is 5.82. The standard InChI is InChI=1S/C16H16O3/c17-12-4-1-3-11(9-12)10-19-16-6-2-5-13-14(16)7-8-15(13)18/h1-6,9,15,17-18H,7-8,10H2. The van der Waals surface area contributed by atoms with E-state index in [1.807, 2.05) is 24.3 Å². The first-order chi connectivity index (χ1) is 9.24. The highest BCUT2D eigenvalue weighted by Gasteiger charge is 2.23. The van der Waals surface area contributed by atoms with Crippen LogP contribution in [0.15, 0.2) is 42.5 Å². The molecule has 3 heteroatoms. The molecule has 3 rings (SSSR count). The van der Waals surface area contributed by atoms with Gasteiger partial charge in [0, 0.05) is 5.56 Å². The summed E-state index contributed by atoms with van der Waals surface area (Å²) in [5.74, 6) is 1.08. The maximum atomic E-state index is 9.84. The molecular formula is C16H16O3. The van der Waals surface area contributed by atoms with Gasteiger partial charge in [-0.15, -0.1) is 0 Å². The van der Waals surface area contributed by atoms with Gasteiger partial charge in [0.1, 0.15) is 18.1 Å². The van der Waals surface area contributed by atoms with E-state index < -0.39 is 0 Å². The van der Waals surface area contributed by atoms with Gasteiger partial charge in [-0.3, -0.25) is 0 Å². The molecule has 2 N–H and O–H groups in total. The van der Waals surface area contributed by atoms with Crippen molar-refractivity contribution < 1.29 is 14.9 Å². The Hall–Kier alpha value is -2.00. The number of ether oxygens (including phenoxy) is 1. The van der Waals surface area contributed by atoms with Crippen molar-refractivity contribution in [3.8, 4) is 11.5 Å². The number of benzene rings is 2. The van der Waals surface area contributed by atoms with E-state index >= 15 is 0 Å². The molecule has 1 atom stereocenters. The predicted molar refractivity (Wildman–Crippen MR) is 72.2 cm³/mol. The van der Waals surface area contributed by atoms with E-state index in [4.69, 9.17) is 4.74 Å². The third-order valence-electron chi connectivity index (χ3n) is 3.50. The average Bonchev–Trinajstić information content (AvgIpc) is 2.79. The summed E-state index contributed by atoms with van der Waals surface area (Å²) in [5.41, 5.74) is 3.01. The van der Waals surface area contributed by atoms with E-state index in [1.165, 1.54) is 0 Å². The normalized spacial score (nSPS) is 17.2. The van der Waals surface area contributed by atoms with Gasteiger partial charge in [0.05, 0.1) is 6.10 Å². The number of aliphatic hydroxyl groups is 1. The Balaban J connectivity index is 1.78. The van der Waals surface area contributed by atoms with Crippen LogP contribution in [-0.2, 0) is 13.0 Å². The average molecular weight is 256 g/mol. The number of phenolic OH excluding ortho intramolecular Hbond substituents is 1. The largest absolute Gasteiger partial charge is 0.508 e. The fraction of sp³-hybridized carbons (Fsp3) is 0.250. The molecule has 2 aromatic carbocycles. The molecule has 0 amide bonds. The highest BCUT2D eigenvalue weighted by molar-refractivity contribution is 5.44. The fourth-order valence-corrected chi connectivity index (χ4v) is 2.54. The Morgan fingerprint density at radius 2 is 2.00 bits per heavy atom. The summed E-state index contributed by atoms with van der Waals surface area (Å²) in [4.78, 5) is 0. The highest BCUT2D eigenvalue weighted by atomic mass is 16.5. The molecule has 0 aromatic heterocycles. The van der Waals surface area contributed by atoms with Crippen LogP contribution < -0.4 is 4.74 Å². The van der Waals surface area contributed by atoms with Crippen molar-refractivity contribution >= 4 is 0 Å². The number of aromatic hydroxyl groups is 1. The van der Waals surface area contributed by atoms with Crippen LogP contribution >= 0.6 is 0 Å². The smallest absolute Gasteiger partial charge is 0.123 e. The first-order valence-electron chi connectivity index (χ1n) is 6.44. The summed E-state index contributed by atoms with van der Waals surface area (Å²) in [6.45, 7) is 0.418. The molecule has 0 fully saturated rings. The van der Waals surface area contributed by atoms with Crippen LogP contribution in [0.4, 0.5) is 0 Å². The van der Waals surface area contributed by atoms with Gasteiger partial charge < -0.3 is 14.9 Å². The molecule has 19 heavy (non-hydrogen) atoms. The minimum absolute atomic E-state index is 0.245. The van der Waals surface area contributed by atoms with E-state index in [-0.39, 0.29) is 11.9 Å². The van der Waals surface area contributed by atoms with Gasteiger partial charge in [-0.25, -0.2) is 0 Å². The molecule has 0 radical (unpaired) electrons. The fourth-order valence-electron chi connectivity index (χ4n) is 2.54. The summed E-state index contributed by atoms with van der Waals surface area (Å²) in [6.07, 6.45) is 1.26. The van der Waals surface area contributed by atoms with Crippen molar-refractivity contribution in [3.05, 3.63) is 59.2 Å². The molecular weight excluding hydrogens is 240 g/mol. The second-order valence-electron chi connectivity index (χ2n) is 4.84. The maximum Gasteiger partial charge on any atom is 0.123 e. The molecule has 3 nitrogen and oxygen atoms in total. The van der Waals surface area contributed by atoms with Crippen molar-refractivity contribution in [1.29, 1.82) is 0 Å². The van der Waals surface area contributed by atoms with Crippen LogP contribution in [0.3, 0.4) is 0 Å². The van der Waals surface area contributed by atoms with E-state index in [0.717, 1.165) is 35.3 Å². The van der Waals surface area contributed by atoms with Crippen molar-refractivity contribution in [2.75, 3.05) is 0 Å². The third kappa shape index (κ3) is 2.42. The summed E-state index contributed by atoms with van der Waals surface area (Å²) in [5, 5.41) is 19.3. The van der Waals surface area contributed by atoms with E-state index in [1.54, 1.807) is 18.2 Å². The van der Waals surface area contributed by atoms with Crippen LogP contribution in [0.1, 0.15) is 29.2 Å². The molecule has 1 unspecified atom stereocenters. The van der Waals surface area contributed by atoms with Gasteiger partial charge >= 0.3 is 0 Å². The second kappa shape index (κ2) is 4.94. The highest BCUT2D eigenvalue weighted by Crippen LogP contribution is 2.36. The molecule has 1 aliphatic rings. The van der Waals surface area contributed by atoms with Crippen molar-refractivity contribution in [1.82, 2.24) is 0 Å². The lowest BCUT2D eigenvalue weighted by Gasteiger charge is -2.11. The first kappa shape index (κ1) is 12.1. The van der Waals surface area contributed by atoms with E-state index in [2.05, 4.69) is 0 Å².